The summed E-state index contributed by atoms with van der Waals surface area (Å²) in [6.45, 7) is 7.45. The second kappa shape index (κ2) is 81.6. The van der Waals surface area contributed by atoms with Gasteiger partial charge in [0.2, 0.25) is 0 Å². The van der Waals surface area contributed by atoms with Crippen molar-refractivity contribution in [2.75, 3.05) is 39.6 Å². The summed E-state index contributed by atoms with van der Waals surface area (Å²) >= 11 is 0. The molecule has 0 aromatic heterocycles. The molecule has 19 heteroatoms. The molecule has 0 saturated heterocycles. The molecule has 0 rings (SSSR count). The summed E-state index contributed by atoms with van der Waals surface area (Å²) in [6.07, 6.45) is 76.2. The SMILES string of the molecule is CCCCCCCCCCCCCCCCCCCCCCCC(=O)O[C@H](COC(=O)CCCCCCCCCCCCCCCCC(C)CC)COP(=O)(O)OC[C@@H](O)COP(=O)(O)OC[C@@H](COC(=O)CCCCCCCCCCCCCCC)OC(=O)CCCCCCCCCCCCCCCCCC. The van der Waals surface area contributed by atoms with Crippen LogP contribution in [0.2, 0.25) is 0 Å². The standard InChI is InChI=1S/C89H174O17P2/c1-6-10-13-16-19-22-25-28-30-32-33-34-35-36-38-45-50-55-60-65-70-75-89(94)106-85(79-100-87(92)73-68-63-58-53-48-43-40-39-42-46-51-56-61-66-71-82(5)9-4)81-104-108(97,98)102-77-83(90)76-101-107(95,96)103-80-84(78-99-86(91)72-67-62-57-52-47-41-27-24-21-18-15-12-8-3)105-88(93)74-69-64-59-54-49-44-37-31-29-26-23-20-17-14-11-7-2/h82-85,90H,6-81H2,1-5H3,(H,95,96)(H,97,98)/t82?,83-,84+,85+/m0/s1. The number of unbranched alkanes of at least 4 members (excludes halogenated alkanes) is 60. The van der Waals surface area contributed by atoms with Gasteiger partial charge in [0.25, 0.3) is 0 Å². The number of phosphoric acid groups is 2. The first-order valence-electron chi connectivity index (χ1n) is 46.2. The summed E-state index contributed by atoms with van der Waals surface area (Å²) < 4.78 is 69.0. The van der Waals surface area contributed by atoms with Crippen molar-refractivity contribution in [1.29, 1.82) is 0 Å². The van der Waals surface area contributed by atoms with E-state index in [0.717, 1.165) is 95.8 Å². The van der Waals surface area contributed by atoms with Crippen LogP contribution in [0.1, 0.15) is 484 Å². The highest BCUT2D eigenvalue weighted by atomic mass is 31.2. The van der Waals surface area contributed by atoms with Crippen LogP contribution < -0.4 is 0 Å². The number of carbonyl (C=O) groups is 4. The van der Waals surface area contributed by atoms with E-state index in [1.807, 2.05) is 0 Å². The number of hydrogen-bond acceptors (Lipinski definition) is 15. The van der Waals surface area contributed by atoms with Crippen molar-refractivity contribution in [2.24, 2.45) is 5.92 Å². The minimum atomic E-state index is -4.97. The molecule has 0 heterocycles. The fourth-order valence-electron chi connectivity index (χ4n) is 14.0. The van der Waals surface area contributed by atoms with E-state index in [1.165, 1.54) is 308 Å². The number of aliphatic hydroxyl groups excluding tert-OH is 1. The van der Waals surface area contributed by atoms with Gasteiger partial charge < -0.3 is 33.8 Å². The van der Waals surface area contributed by atoms with E-state index in [9.17, 15) is 43.2 Å². The van der Waals surface area contributed by atoms with Gasteiger partial charge in [-0.15, -0.1) is 0 Å². The van der Waals surface area contributed by atoms with Gasteiger partial charge in [-0.2, -0.15) is 0 Å². The van der Waals surface area contributed by atoms with E-state index in [-0.39, 0.29) is 25.7 Å². The first kappa shape index (κ1) is 106. The van der Waals surface area contributed by atoms with Gasteiger partial charge in [0.15, 0.2) is 12.2 Å². The third-order valence-electron chi connectivity index (χ3n) is 21.4. The Morgan fingerprint density at radius 3 is 0.657 bits per heavy atom. The quantitative estimate of drug-likeness (QED) is 0.0222. The Morgan fingerprint density at radius 1 is 0.259 bits per heavy atom. The van der Waals surface area contributed by atoms with Gasteiger partial charge in [0, 0.05) is 25.7 Å². The van der Waals surface area contributed by atoms with Gasteiger partial charge >= 0.3 is 39.5 Å². The van der Waals surface area contributed by atoms with Crippen LogP contribution in [0.25, 0.3) is 0 Å². The fourth-order valence-corrected chi connectivity index (χ4v) is 15.5. The second-order valence-corrected chi connectivity index (χ2v) is 35.1. The van der Waals surface area contributed by atoms with Crippen LogP contribution in [-0.2, 0) is 65.4 Å². The Bertz CT molecular complexity index is 2050. The smallest absolute Gasteiger partial charge is 0.462 e. The van der Waals surface area contributed by atoms with E-state index in [1.54, 1.807) is 0 Å². The minimum Gasteiger partial charge on any atom is -0.462 e. The average molecular weight is 1580 g/mol. The van der Waals surface area contributed by atoms with E-state index in [0.29, 0.717) is 25.7 Å². The lowest BCUT2D eigenvalue weighted by atomic mass is 9.99. The van der Waals surface area contributed by atoms with Crippen molar-refractivity contribution in [3.63, 3.8) is 0 Å². The molecule has 0 radical (unpaired) electrons. The zero-order valence-electron chi connectivity index (χ0n) is 71.0. The summed E-state index contributed by atoms with van der Waals surface area (Å²) in [4.78, 5) is 73.4. The Labute approximate surface area is 664 Å². The van der Waals surface area contributed by atoms with Crippen molar-refractivity contribution < 1.29 is 80.2 Å². The van der Waals surface area contributed by atoms with E-state index in [4.69, 9.17) is 37.0 Å². The largest absolute Gasteiger partial charge is 0.472 e. The highest BCUT2D eigenvalue weighted by molar-refractivity contribution is 7.47. The third-order valence-corrected chi connectivity index (χ3v) is 23.3. The number of hydrogen-bond donors (Lipinski definition) is 3. The van der Waals surface area contributed by atoms with E-state index >= 15 is 0 Å². The Hall–Kier alpha value is -1.94. The van der Waals surface area contributed by atoms with Crippen LogP contribution in [0.5, 0.6) is 0 Å². The number of ether oxygens (including phenoxy) is 4. The summed E-state index contributed by atoms with van der Waals surface area (Å²) in [6, 6.07) is 0. The van der Waals surface area contributed by atoms with Crippen LogP contribution in [0, 0.1) is 5.92 Å². The normalized spacial score (nSPS) is 14.0. The van der Waals surface area contributed by atoms with Gasteiger partial charge in [0.05, 0.1) is 26.4 Å². The summed E-state index contributed by atoms with van der Waals surface area (Å²) in [5.74, 6) is -1.24. The predicted octanol–water partition coefficient (Wildman–Crippen LogP) is 27.5. The van der Waals surface area contributed by atoms with Gasteiger partial charge in [-0.3, -0.25) is 37.3 Å². The maximum atomic E-state index is 13.2. The van der Waals surface area contributed by atoms with Crippen molar-refractivity contribution >= 4 is 39.5 Å². The molecule has 6 atom stereocenters. The Balaban J connectivity index is 5.26. The molecule has 0 saturated carbocycles. The molecular weight excluding hydrogens is 1400 g/mol. The van der Waals surface area contributed by atoms with Crippen LogP contribution in [0.3, 0.4) is 0 Å². The van der Waals surface area contributed by atoms with Crippen molar-refractivity contribution in [3.05, 3.63) is 0 Å². The van der Waals surface area contributed by atoms with Crippen molar-refractivity contribution in [2.45, 2.75) is 502 Å². The molecule has 17 nitrogen and oxygen atoms in total. The summed E-state index contributed by atoms with van der Waals surface area (Å²) in [5, 5.41) is 10.7. The molecule has 0 aromatic rings. The van der Waals surface area contributed by atoms with Crippen molar-refractivity contribution in [3.8, 4) is 0 Å². The number of rotatable bonds is 89. The van der Waals surface area contributed by atoms with Gasteiger partial charge in [-0.25, -0.2) is 9.13 Å². The van der Waals surface area contributed by atoms with Gasteiger partial charge in [-0.1, -0.05) is 433 Å². The molecule has 0 fully saturated rings. The molecule has 0 amide bonds. The maximum absolute atomic E-state index is 13.2. The molecule has 0 aromatic carbocycles. The van der Waals surface area contributed by atoms with Crippen LogP contribution in [0.15, 0.2) is 0 Å². The average Bonchev–Trinajstić information content (AvgIpc) is 0.899. The highest BCUT2D eigenvalue weighted by Crippen LogP contribution is 2.45. The lowest BCUT2D eigenvalue weighted by molar-refractivity contribution is -0.161. The molecular formula is C89H174O17P2. The molecule has 3 unspecified atom stereocenters. The molecule has 3 N–H and O–H groups in total. The zero-order chi connectivity index (χ0) is 79.0. The predicted molar refractivity (Wildman–Crippen MR) is 446 cm³/mol. The first-order chi connectivity index (χ1) is 52.6. The molecule has 108 heavy (non-hydrogen) atoms. The monoisotopic (exact) mass is 1580 g/mol. The van der Waals surface area contributed by atoms with E-state index < -0.39 is 97.5 Å². The first-order valence-corrected chi connectivity index (χ1v) is 49.2. The topological polar surface area (TPSA) is 237 Å². The zero-order valence-corrected chi connectivity index (χ0v) is 72.8. The van der Waals surface area contributed by atoms with E-state index in [2.05, 4.69) is 34.6 Å². The fraction of sp³-hybridized carbons (Fsp3) is 0.955. The van der Waals surface area contributed by atoms with Crippen molar-refractivity contribution in [1.82, 2.24) is 0 Å². The third kappa shape index (κ3) is 80.7. The van der Waals surface area contributed by atoms with Gasteiger partial charge in [0.1, 0.15) is 19.3 Å². The number of esters is 4. The molecule has 0 aliphatic heterocycles. The van der Waals surface area contributed by atoms with Crippen LogP contribution in [-0.4, -0.2) is 96.7 Å². The summed E-state index contributed by atoms with van der Waals surface area (Å²) in [7, 11) is -9.93. The lowest BCUT2D eigenvalue weighted by Crippen LogP contribution is -2.30. The number of carbonyl (C=O) groups excluding carboxylic acids is 4. The molecule has 0 bridgehead atoms. The molecule has 642 valence electrons. The lowest BCUT2D eigenvalue weighted by Gasteiger charge is -2.21. The van der Waals surface area contributed by atoms with Gasteiger partial charge in [-0.05, 0) is 31.6 Å². The molecule has 0 aliphatic carbocycles. The highest BCUT2D eigenvalue weighted by Gasteiger charge is 2.31. The second-order valence-electron chi connectivity index (χ2n) is 32.2. The molecule has 0 aliphatic rings. The number of aliphatic hydroxyl groups is 1. The summed E-state index contributed by atoms with van der Waals surface area (Å²) in [5.41, 5.74) is 0. The Kier molecular flexibility index (Phi) is 80.2. The number of phosphoric ester groups is 2. The minimum absolute atomic E-state index is 0.109. The molecule has 0 spiro atoms. The Morgan fingerprint density at radius 2 is 0.444 bits per heavy atom. The van der Waals surface area contributed by atoms with Crippen LogP contribution in [0.4, 0.5) is 0 Å². The maximum Gasteiger partial charge on any atom is 0.472 e. The van der Waals surface area contributed by atoms with Crippen LogP contribution >= 0.6 is 15.6 Å².